The second-order valence-electron chi connectivity index (χ2n) is 3.35. The van der Waals surface area contributed by atoms with Crippen LogP contribution in [0.15, 0.2) is 24.3 Å². The molecule has 0 aromatic heterocycles. The van der Waals surface area contributed by atoms with Crippen molar-refractivity contribution < 1.29 is 18.7 Å². The number of amides is 2. The molecule has 0 heterocycles. The number of para-hydroxylation sites is 1. The van der Waals surface area contributed by atoms with E-state index in [1.54, 1.807) is 6.07 Å². The third-order valence-corrected chi connectivity index (χ3v) is 2.02. The fourth-order valence-electron chi connectivity index (χ4n) is 1.19. The van der Waals surface area contributed by atoms with Crippen molar-refractivity contribution in [2.75, 3.05) is 26.0 Å². The predicted molar refractivity (Wildman–Crippen MR) is 60.1 cm³/mol. The molecule has 0 atom stereocenters. The van der Waals surface area contributed by atoms with E-state index in [0.717, 1.165) is 4.90 Å². The highest BCUT2D eigenvalue weighted by atomic mass is 19.1. The van der Waals surface area contributed by atoms with E-state index in [-0.39, 0.29) is 12.2 Å². The maximum absolute atomic E-state index is 13.2. The van der Waals surface area contributed by atoms with Gasteiger partial charge in [-0.2, -0.15) is 0 Å². The molecule has 2 amide bonds. The molecule has 0 saturated carbocycles. The van der Waals surface area contributed by atoms with E-state index < -0.39 is 17.8 Å². The third kappa shape index (κ3) is 3.75. The number of likely N-dealkylation sites (N-methyl/N-ethyl adjacent to an activating group) is 1. The van der Waals surface area contributed by atoms with Gasteiger partial charge in [0.05, 0.1) is 12.8 Å². The van der Waals surface area contributed by atoms with Crippen LogP contribution in [0.25, 0.3) is 0 Å². The maximum atomic E-state index is 13.2. The van der Waals surface area contributed by atoms with Gasteiger partial charge in [-0.3, -0.25) is 4.79 Å². The highest BCUT2D eigenvalue weighted by molar-refractivity contribution is 5.93. The Labute approximate surface area is 98.2 Å². The van der Waals surface area contributed by atoms with Gasteiger partial charge in [0, 0.05) is 7.05 Å². The van der Waals surface area contributed by atoms with Gasteiger partial charge in [-0.25, -0.2) is 9.18 Å². The van der Waals surface area contributed by atoms with Gasteiger partial charge in [0.1, 0.15) is 12.4 Å². The number of anilines is 1. The van der Waals surface area contributed by atoms with E-state index in [1.165, 1.54) is 32.4 Å². The first-order chi connectivity index (χ1) is 8.04. The standard InChI is InChI=1S/C11H13FN2O3/c1-14(11(16)17-2)7-10(15)13-9-6-4-3-5-8(9)12/h3-6H,7H2,1-2H3,(H,13,15). The number of ether oxygens (including phenoxy) is 1. The maximum Gasteiger partial charge on any atom is 0.409 e. The molecule has 92 valence electrons. The Morgan fingerprint density at radius 1 is 1.41 bits per heavy atom. The number of benzene rings is 1. The van der Waals surface area contributed by atoms with Crippen LogP contribution in [0.4, 0.5) is 14.9 Å². The van der Waals surface area contributed by atoms with Crippen molar-refractivity contribution in [2.24, 2.45) is 0 Å². The number of nitrogens with zero attached hydrogens (tertiary/aromatic N) is 1. The van der Waals surface area contributed by atoms with Gasteiger partial charge < -0.3 is 15.0 Å². The molecule has 0 aliphatic heterocycles. The van der Waals surface area contributed by atoms with Crippen LogP contribution in [0, 0.1) is 5.82 Å². The highest BCUT2D eigenvalue weighted by Crippen LogP contribution is 2.11. The Morgan fingerprint density at radius 3 is 2.65 bits per heavy atom. The Balaban J connectivity index is 2.56. The van der Waals surface area contributed by atoms with Gasteiger partial charge in [-0.05, 0) is 12.1 Å². The summed E-state index contributed by atoms with van der Waals surface area (Å²) in [5.41, 5.74) is 0.0794. The first kappa shape index (κ1) is 13.0. The second kappa shape index (κ2) is 5.83. The van der Waals surface area contributed by atoms with Crippen LogP contribution in [-0.2, 0) is 9.53 Å². The predicted octanol–water partition coefficient (Wildman–Crippen LogP) is 1.46. The first-order valence-electron chi connectivity index (χ1n) is 4.88. The Kier molecular flexibility index (Phi) is 4.45. The molecule has 0 aliphatic carbocycles. The van der Waals surface area contributed by atoms with Crippen molar-refractivity contribution in [1.29, 1.82) is 0 Å². The summed E-state index contributed by atoms with van der Waals surface area (Å²) in [6.45, 7) is -0.207. The molecule has 1 rings (SSSR count). The lowest BCUT2D eigenvalue weighted by Gasteiger charge is -2.15. The minimum atomic E-state index is -0.631. The number of hydrogen-bond donors (Lipinski definition) is 1. The van der Waals surface area contributed by atoms with Crippen LogP contribution < -0.4 is 5.32 Å². The number of hydrogen-bond acceptors (Lipinski definition) is 3. The van der Waals surface area contributed by atoms with Crippen LogP contribution in [0.5, 0.6) is 0 Å². The Hall–Kier alpha value is -2.11. The molecule has 1 aromatic carbocycles. The molecular formula is C11H13FN2O3. The molecule has 17 heavy (non-hydrogen) atoms. The number of carbonyl (C=O) groups excluding carboxylic acids is 2. The zero-order valence-electron chi connectivity index (χ0n) is 9.57. The summed E-state index contributed by atoms with van der Waals surface area (Å²) in [7, 11) is 2.63. The average Bonchev–Trinajstić information content (AvgIpc) is 2.31. The van der Waals surface area contributed by atoms with Crippen molar-refractivity contribution in [3.63, 3.8) is 0 Å². The summed E-state index contributed by atoms with van der Waals surface area (Å²) in [5.74, 6) is -1.02. The SMILES string of the molecule is COC(=O)N(C)CC(=O)Nc1ccccc1F. The van der Waals surface area contributed by atoms with Gasteiger partial charge in [0.15, 0.2) is 0 Å². The minimum absolute atomic E-state index is 0.0794. The average molecular weight is 240 g/mol. The lowest BCUT2D eigenvalue weighted by Crippen LogP contribution is -2.34. The van der Waals surface area contributed by atoms with Gasteiger partial charge >= 0.3 is 6.09 Å². The lowest BCUT2D eigenvalue weighted by atomic mass is 10.3. The third-order valence-electron chi connectivity index (χ3n) is 2.02. The van der Waals surface area contributed by atoms with E-state index >= 15 is 0 Å². The molecule has 0 saturated heterocycles. The van der Waals surface area contributed by atoms with Gasteiger partial charge in [0.25, 0.3) is 0 Å². The number of methoxy groups -OCH3 is 1. The smallest absolute Gasteiger partial charge is 0.409 e. The van der Waals surface area contributed by atoms with Crippen LogP contribution in [0.3, 0.4) is 0 Å². The van der Waals surface area contributed by atoms with Crippen LogP contribution >= 0.6 is 0 Å². The summed E-state index contributed by atoms with van der Waals surface area (Å²) < 4.78 is 17.6. The van der Waals surface area contributed by atoms with Crippen molar-refractivity contribution in [2.45, 2.75) is 0 Å². The second-order valence-corrected chi connectivity index (χ2v) is 3.35. The van der Waals surface area contributed by atoms with E-state index in [4.69, 9.17) is 0 Å². The van der Waals surface area contributed by atoms with Crippen LogP contribution in [-0.4, -0.2) is 37.6 Å². The van der Waals surface area contributed by atoms with E-state index in [9.17, 15) is 14.0 Å². The molecule has 6 heteroatoms. The van der Waals surface area contributed by atoms with Crippen LogP contribution in [0.2, 0.25) is 0 Å². The van der Waals surface area contributed by atoms with Gasteiger partial charge in [-0.1, -0.05) is 12.1 Å². The van der Waals surface area contributed by atoms with Gasteiger partial charge in [-0.15, -0.1) is 0 Å². The molecule has 0 radical (unpaired) electrons. The molecule has 0 fully saturated rings. The lowest BCUT2D eigenvalue weighted by molar-refractivity contribution is -0.116. The summed E-state index contributed by atoms with van der Waals surface area (Å²) >= 11 is 0. The van der Waals surface area contributed by atoms with Crippen molar-refractivity contribution in [1.82, 2.24) is 4.90 Å². The van der Waals surface area contributed by atoms with Crippen molar-refractivity contribution in [3.05, 3.63) is 30.1 Å². The number of nitrogens with one attached hydrogen (secondary N) is 1. The fraction of sp³-hybridized carbons (Fsp3) is 0.273. The molecule has 0 aliphatic rings. The number of carbonyl (C=O) groups is 2. The van der Waals surface area contributed by atoms with Crippen molar-refractivity contribution >= 4 is 17.7 Å². The molecule has 0 unspecified atom stereocenters. The molecule has 1 N–H and O–H groups in total. The van der Waals surface area contributed by atoms with Gasteiger partial charge in [0.2, 0.25) is 5.91 Å². The van der Waals surface area contributed by atoms with E-state index in [1.807, 2.05) is 0 Å². The number of halogens is 1. The summed E-state index contributed by atoms with van der Waals surface area (Å²) in [6, 6.07) is 5.79. The molecule has 1 aromatic rings. The van der Waals surface area contributed by atoms with Crippen LogP contribution in [0.1, 0.15) is 0 Å². The molecule has 0 spiro atoms. The first-order valence-corrected chi connectivity index (χ1v) is 4.88. The summed E-state index contributed by atoms with van der Waals surface area (Å²) in [5, 5.41) is 2.36. The molecular weight excluding hydrogens is 227 g/mol. The molecule has 0 bridgehead atoms. The highest BCUT2D eigenvalue weighted by Gasteiger charge is 2.13. The monoisotopic (exact) mass is 240 g/mol. The van der Waals surface area contributed by atoms with E-state index in [0.29, 0.717) is 0 Å². The summed E-state index contributed by atoms with van der Waals surface area (Å²) in [4.78, 5) is 23.6. The van der Waals surface area contributed by atoms with Crippen molar-refractivity contribution in [3.8, 4) is 0 Å². The zero-order chi connectivity index (χ0) is 12.8. The Morgan fingerprint density at radius 2 is 2.06 bits per heavy atom. The molecule has 5 nitrogen and oxygen atoms in total. The number of rotatable bonds is 3. The van der Waals surface area contributed by atoms with E-state index in [2.05, 4.69) is 10.1 Å². The summed E-state index contributed by atoms with van der Waals surface area (Å²) in [6.07, 6.45) is -0.631. The quantitative estimate of drug-likeness (QED) is 0.870. The fourth-order valence-corrected chi connectivity index (χ4v) is 1.19. The topological polar surface area (TPSA) is 58.6 Å². The minimum Gasteiger partial charge on any atom is -0.453 e. The zero-order valence-corrected chi connectivity index (χ0v) is 9.57. The largest absolute Gasteiger partial charge is 0.453 e. The normalized spacial score (nSPS) is 9.59. The Bertz CT molecular complexity index is 423.